The number of phenolic OH excluding ortho intramolecular Hbond substituents is 1. The van der Waals surface area contributed by atoms with Crippen LogP contribution < -0.4 is 9.64 Å². The van der Waals surface area contributed by atoms with Crippen LogP contribution in [0.15, 0.2) is 54.7 Å². The summed E-state index contributed by atoms with van der Waals surface area (Å²) in [7, 11) is 2.07. The Kier molecular flexibility index (Phi) is 8.14. The minimum absolute atomic E-state index is 0.0192. The van der Waals surface area contributed by atoms with E-state index in [1.165, 1.54) is 6.07 Å². The standard InChI is InChI=1S/C37H43FN6O4/c1-6-14-37-15-13-24(44(37)35(46)48-36(2,3)4)20-43(22-37)33-29-19-39-31(28-18-26(45)17-23-10-7-8-12-27(23)28)30(38)32(29)40-34(41-33)47-21-25-11-9-16-42(25)5/h6-8,10,12,14,17-19,24-25,45H,9,11,13,15-16,20-22H2,1-5H3/b14-6+/t24?,25-,37?/m0/s1. The Morgan fingerprint density at radius 2 is 1.98 bits per heavy atom. The van der Waals surface area contributed by atoms with E-state index in [0.717, 1.165) is 43.0 Å². The number of aromatic nitrogens is 3. The molecule has 5 heterocycles. The van der Waals surface area contributed by atoms with E-state index >= 15 is 4.39 Å². The van der Waals surface area contributed by atoms with Gasteiger partial charge in [0.2, 0.25) is 0 Å². The van der Waals surface area contributed by atoms with E-state index in [9.17, 15) is 9.90 Å². The number of nitrogens with zero attached hydrogens (tertiary/aromatic N) is 6. The Hall–Kier alpha value is -4.51. The lowest BCUT2D eigenvalue weighted by molar-refractivity contribution is 0.00215. The molecule has 3 aliphatic rings. The van der Waals surface area contributed by atoms with Gasteiger partial charge in [-0.1, -0.05) is 36.4 Å². The average Bonchev–Trinajstić information content (AvgIpc) is 3.55. The summed E-state index contributed by atoms with van der Waals surface area (Å²) in [5.74, 6) is -0.0860. The van der Waals surface area contributed by atoms with E-state index < -0.39 is 17.0 Å². The highest BCUT2D eigenvalue weighted by molar-refractivity contribution is 6.00. The van der Waals surface area contributed by atoms with Gasteiger partial charge in [-0.15, -0.1) is 0 Å². The second kappa shape index (κ2) is 12.2. The zero-order chi connectivity index (χ0) is 33.8. The number of ether oxygens (including phenoxy) is 2. The molecule has 3 aliphatic heterocycles. The number of pyridine rings is 1. The SMILES string of the molecule is C/C=C/C12CCC(CN(c3nc(OC[C@@H]4CCCN4C)nc4c(F)c(-c5cc(O)cc6ccccc56)ncc34)C1)N2C(=O)OC(C)(C)C. The number of likely N-dealkylation sites (tertiary alicyclic amines) is 1. The van der Waals surface area contributed by atoms with E-state index in [2.05, 4.69) is 32.9 Å². The van der Waals surface area contributed by atoms with Crippen molar-refractivity contribution < 1.29 is 23.8 Å². The molecule has 3 saturated heterocycles. The van der Waals surface area contributed by atoms with Crippen LogP contribution in [0.25, 0.3) is 32.9 Å². The van der Waals surface area contributed by atoms with Gasteiger partial charge in [0.05, 0.1) is 17.0 Å². The number of fused-ring (bicyclic) bond motifs is 4. The molecule has 2 aromatic carbocycles. The fourth-order valence-corrected chi connectivity index (χ4v) is 7.70. The molecule has 252 valence electrons. The van der Waals surface area contributed by atoms with Gasteiger partial charge in [-0.25, -0.2) is 9.18 Å². The first-order chi connectivity index (χ1) is 23.0. The molecule has 0 spiro atoms. The van der Waals surface area contributed by atoms with Crippen LogP contribution in [0.2, 0.25) is 0 Å². The van der Waals surface area contributed by atoms with Crippen LogP contribution in [0.5, 0.6) is 11.8 Å². The van der Waals surface area contributed by atoms with Crippen molar-refractivity contribution in [3.63, 3.8) is 0 Å². The number of rotatable bonds is 6. The number of hydrogen-bond donors (Lipinski definition) is 1. The van der Waals surface area contributed by atoms with E-state index in [-0.39, 0.29) is 41.1 Å². The molecule has 2 aromatic heterocycles. The number of aromatic hydroxyl groups is 1. The number of amides is 1. The molecule has 2 bridgehead atoms. The van der Waals surface area contributed by atoms with Crippen molar-refractivity contribution in [2.45, 2.75) is 76.6 Å². The summed E-state index contributed by atoms with van der Waals surface area (Å²) in [6.45, 7) is 9.87. The average molecular weight is 655 g/mol. The summed E-state index contributed by atoms with van der Waals surface area (Å²) in [4.78, 5) is 34.0. The van der Waals surface area contributed by atoms with Crippen LogP contribution in [-0.4, -0.2) is 92.5 Å². The van der Waals surface area contributed by atoms with E-state index in [4.69, 9.17) is 14.5 Å². The molecule has 0 aliphatic carbocycles. The second-order valence-electron chi connectivity index (χ2n) is 14.3. The molecule has 2 unspecified atom stereocenters. The van der Waals surface area contributed by atoms with Crippen LogP contribution in [0.1, 0.15) is 53.4 Å². The Balaban J connectivity index is 1.34. The predicted octanol–water partition coefficient (Wildman–Crippen LogP) is 6.70. The number of halogens is 1. The monoisotopic (exact) mass is 654 g/mol. The molecule has 10 nitrogen and oxygen atoms in total. The molecule has 1 amide bonds. The van der Waals surface area contributed by atoms with Gasteiger partial charge in [0.1, 0.15) is 35.0 Å². The quantitative estimate of drug-likeness (QED) is 0.228. The normalized spacial score (nSPS) is 23.1. The third kappa shape index (κ3) is 5.78. The van der Waals surface area contributed by atoms with Crippen LogP contribution in [0.3, 0.4) is 0 Å². The number of likely N-dealkylation sites (N-methyl/N-ethyl adjacent to an activating group) is 1. The van der Waals surface area contributed by atoms with Crippen LogP contribution in [0.4, 0.5) is 15.0 Å². The third-order valence-electron chi connectivity index (χ3n) is 9.84. The topological polar surface area (TPSA) is 104 Å². The molecule has 1 N–H and O–H groups in total. The van der Waals surface area contributed by atoms with Crippen LogP contribution >= 0.6 is 0 Å². The van der Waals surface area contributed by atoms with Crippen LogP contribution in [-0.2, 0) is 4.74 Å². The van der Waals surface area contributed by atoms with Crippen molar-refractivity contribution in [3.8, 4) is 23.0 Å². The lowest BCUT2D eigenvalue weighted by atomic mass is 9.94. The van der Waals surface area contributed by atoms with Crippen LogP contribution in [0, 0.1) is 5.82 Å². The zero-order valence-electron chi connectivity index (χ0n) is 28.2. The molecular weight excluding hydrogens is 611 g/mol. The first-order valence-electron chi connectivity index (χ1n) is 16.8. The van der Waals surface area contributed by atoms with Gasteiger partial charge < -0.3 is 24.4 Å². The van der Waals surface area contributed by atoms with Gasteiger partial charge in [0.25, 0.3) is 0 Å². The molecule has 48 heavy (non-hydrogen) atoms. The van der Waals surface area contributed by atoms with Crippen molar-refractivity contribution in [3.05, 3.63) is 60.6 Å². The summed E-state index contributed by atoms with van der Waals surface area (Å²) in [5.41, 5.74) is -0.613. The lowest BCUT2D eigenvalue weighted by Crippen LogP contribution is -2.63. The summed E-state index contributed by atoms with van der Waals surface area (Å²) in [5, 5.41) is 12.5. The van der Waals surface area contributed by atoms with Crippen molar-refractivity contribution in [2.75, 3.05) is 38.2 Å². The van der Waals surface area contributed by atoms with Crippen molar-refractivity contribution >= 4 is 33.6 Å². The van der Waals surface area contributed by atoms with Crippen molar-refractivity contribution in [1.29, 1.82) is 0 Å². The fourth-order valence-electron chi connectivity index (χ4n) is 7.70. The maximum absolute atomic E-state index is 16.8. The Morgan fingerprint density at radius 1 is 1.17 bits per heavy atom. The number of phenols is 1. The fraction of sp³-hybridized carbons (Fsp3) is 0.459. The number of hydrogen-bond acceptors (Lipinski definition) is 9. The Morgan fingerprint density at radius 3 is 2.73 bits per heavy atom. The molecule has 3 atom stereocenters. The van der Waals surface area contributed by atoms with Gasteiger partial charge in [0.15, 0.2) is 5.82 Å². The molecule has 11 heteroatoms. The zero-order valence-corrected chi connectivity index (χ0v) is 28.2. The summed E-state index contributed by atoms with van der Waals surface area (Å²) >= 11 is 0. The second-order valence-corrected chi connectivity index (χ2v) is 14.3. The highest BCUT2D eigenvalue weighted by atomic mass is 19.1. The minimum atomic E-state index is -0.630. The van der Waals surface area contributed by atoms with Crippen molar-refractivity contribution in [1.82, 2.24) is 24.8 Å². The molecule has 4 aromatic rings. The summed E-state index contributed by atoms with van der Waals surface area (Å²) in [6, 6.07) is 10.9. The number of carbonyl (C=O) groups excluding carboxylic acids is 1. The maximum Gasteiger partial charge on any atom is 0.411 e. The van der Waals surface area contributed by atoms with E-state index in [1.807, 2.05) is 62.9 Å². The lowest BCUT2D eigenvalue weighted by Gasteiger charge is -2.48. The number of allylic oxidation sites excluding steroid dienone is 1. The first-order valence-corrected chi connectivity index (χ1v) is 16.8. The van der Waals surface area contributed by atoms with Crippen molar-refractivity contribution in [2.24, 2.45) is 0 Å². The third-order valence-corrected chi connectivity index (χ3v) is 9.84. The largest absolute Gasteiger partial charge is 0.508 e. The molecular formula is C37H43FN6O4. The highest BCUT2D eigenvalue weighted by Gasteiger charge is 2.54. The first kappa shape index (κ1) is 32.1. The van der Waals surface area contributed by atoms with Gasteiger partial charge >= 0.3 is 12.1 Å². The minimum Gasteiger partial charge on any atom is -0.508 e. The van der Waals surface area contributed by atoms with Gasteiger partial charge in [-0.3, -0.25) is 9.88 Å². The Labute approximate surface area is 280 Å². The molecule has 0 saturated carbocycles. The number of anilines is 1. The molecule has 7 rings (SSSR count). The Bertz CT molecular complexity index is 1910. The van der Waals surface area contributed by atoms with Gasteiger partial charge in [0, 0.05) is 30.9 Å². The summed E-state index contributed by atoms with van der Waals surface area (Å²) < 4.78 is 28.9. The maximum atomic E-state index is 16.8. The van der Waals surface area contributed by atoms with Gasteiger partial charge in [-0.05, 0) is 89.9 Å². The van der Waals surface area contributed by atoms with E-state index in [0.29, 0.717) is 36.5 Å². The summed E-state index contributed by atoms with van der Waals surface area (Å²) in [6.07, 6.45) is 8.97. The van der Waals surface area contributed by atoms with E-state index in [1.54, 1.807) is 12.3 Å². The smallest absolute Gasteiger partial charge is 0.411 e. The number of piperazine rings is 1. The predicted molar refractivity (Wildman–Crippen MR) is 184 cm³/mol. The van der Waals surface area contributed by atoms with Gasteiger partial charge in [-0.2, -0.15) is 9.97 Å². The number of carbonyl (C=O) groups is 1. The highest BCUT2D eigenvalue weighted by Crippen LogP contribution is 2.44. The molecule has 0 radical (unpaired) electrons. The number of benzene rings is 2. The molecule has 3 fully saturated rings.